The van der Waals surface area contributed by atoms with Crippen molar-refractivity contribution in [3.05, 3.63) is 167 Å². The van der Waals surface area contributed by atoms with Gasteiger partial charge in [0.25, 0.3) is 94.5 Å². The molecule has 4 aliphatic carbocycles. The molecule has 34 nitrogen and oxygen atoms in total. The second-order valence-electron chi connectivity index (χ2n) is 26.8. The summed E-state index contributed by atoms with van der Waals surface area (Å²) in [5, 5.41) is 77.2. The Labute approximate surface area is 583 Å². The van der Waals surface area contributed by atoms with Gasteiger partial charge in [-0.25, -0.2) is 0 Å². The quantitative estimate of drug-likeness (QED) is 0.0627. The largest absolute Gasteiger partial charge is 0.373 e. The van der Waals surface area contributed by atoms with E-state index < -0.39 is 106 Å². The fraction of sp³-hybridized carbons (Fsp3) is 0.314. The molecule has 104 heavy (non-hydrogen) atoms. The highest BCUT2D eigenvalue weighted by Gasteiger charge is 2.64. The third-order valence-corrected chi connectivity index (χ3v) is 21.5. The van der Waals surface area contributed by atoms with E-state index in [2.05, 4.69) is 0 Å². The zero-order valence-corrected chi connectivity index (χ0v) is 53.7. The molecular weight excluding hydrogens is 1370 g/mol. The van der Waals surface area contributed by atoms with E-state index in [0.29, 0.717) is 38.5 Å². The number of amides is 16. The number of imide groups is 8. The van der Waals surface area contributed by atoms with Crippen LogP contribution in [0.2, 0.25) is 0 Å². The van der Waals surface area contributed by atoms with Gasteiger partial charge in [-0.2, -0.15) is 20.3 Å². The van der Waals surface area contributed by atoms with Gasteiger partial charge in [-0.1, -0.05) is 85.0 Å². The SMILES string of the molecule is O=C1C2C3C=CC(C3)C2C(=O)N1O.O=C1C2C3C=CC(O3)C2C(=O)N1O.O=C1C2C3CCC(C3)C2C(=O)N1O.O=C1C2C3CCC(O3)C2C(=O)N1O.O=C1C=CC(=O)N1O.O=C1c2cc3ccccc3cc2C(=O)N1O.O=C1c2cccc3cccc(c23)C(=O)N1O.O=C1c2ccccc2C(=O)N1O. The van der Waals surface area contributed by atoms with Gasteiger partial charge in [0.1, 0.15) is 0 Å². The van der Waals surface area contributed by atoms with E-state index in [9.17, 15) is 87.1 Å². The molecular formula is C70H58N8O26. The summed E-state index contributed by atoms with van der Waals surface area (Å²) in [5.74, 6) is -10.5. The van der Waals surface area contributed by atoms with Gasteiger partial charge in [-0.05, 0) is 115 Å². The molecule has 12 aliphatic heterocycles. The van der Waals surface area contributed by atoms with Crippen molar-refractivity contribution >= 4 is 116 Å². The minimum Gasteiger partial charge on any atom is -0.373 e. The highest BCUT2D eigenvalue weighted by molar-refractivity contribution is 6.25. The van der Waals surface area contributed by atoms with Gasteiger partial charge in [0.05, 0.1) is 105 Å². The lowest BCUT2D eigenvalue weighted by molar-refractivity contribution is -0.176. The van der Waals surface area contributed by atoms with Crippen molar-refractivity contribution < 1.29 is 128 Å². The summed E-state index contributed by atoms with van der Waals surface area (Å²) in [7, 11) is 0. The van der Waals surface area contributed by atoms with Crippen LogP contribution in [0.25, 0.3) is 21.5 Å². The Morgan fingerprint density at radius 3 is 1.00 bits per heavy atom. The van der Waals surface area contributed by atoms with Gasteiger partial charge in [-0.3, -0.25) is 118 Å². The number of nitrogens with zero attached hydrogens (tertiary/aromatic N) is 8. The van der Waals surface area contributed by atoms with Crippen LogP contribution in [0.5, 0.6) is 0 Å². The van der Waals surface area contributed by atoms with Crippen LogP contribution in [0.15, 0.2) is 134 Å². The minimum absolute atomic E-state index is 0.0556. The molecule has 16 unspecified atom stereocenters. The van der Waals surface area contributed by atoms with E-state index in [-0.39, 0.29) is 124 Å². The summed E-state index contributed by atoms with van der Waals surface area (Å²) in [6, 6.07) is 27.3. The molecule has 5 aromatic rings. The summed E-state index contributed by atoms with van der Waals surface area (Å²) in [5.41, 5.74) is 1.73. The topological polar surface area (TPSA) is 479 Å². The lowest BCUT2D eigenvalue weighted by Gasteiger charge is -2.21. The normalized spacial score (nSPS) is 31.2. The van der Waals surface area contributed by atoms with E-state index in [1.165, 1.54) is 12.1 Å². The van der Waals surface area contributed by atoms with Gasteiger partial charge < -0.3 is 9.47 Å². The van der Waals surface area contributed by atoms with Crippen LogP contribution in [-0.2, 0) is 57.4 Å². The Balaban J connectivity index is 0.000000101. The number of allylic oxidation sites excluding steroid dienone is 2. The molecule has 16 aliphatic rings. The van der Waals surface area contributed by atoms with Crippen molar-refractivity contribution in [1.82, 2.24) is 40.5 Å². The number of fused-ring (bicyclic) bond motifs is 23. The number of ether oxygens (including phenoxy) is 2. The molecule has 34 heteroatoms. The van der Waals surface area contributed by atoms with E-state index in [1.54, 1.807) is 60.7 Å². The van der Waals surface area contributed by atoms with E-state index in [1.807, 2.05) is 48.6 Å². The summed E-state index contributed by atoms with van der Waals surface area (Å²) in [6.45, 7) is 0. The first-order chi connectivity index (χ1) is 49.6. The number of hydrogen-bond acceptors (Lipinski definition) is 26. The van der Waals surface area contributed by atoms with Crippen molar-refractivity contribution in [2.45, 2.75) is 62.9 Å². The number of hydrogen-bond donors (Lipinski definition) is 8. The molecule has 0 spiro atoms. The highest BCUT2D eigenvalue weighted by Crippen LogP contribution is 2.56. The molecule has 16 atom stereocenters. The Kier molecular flexibility index (Phi) is 17.7. The monoisotopic (exact) mass is 1430 g/mol. The van der Waals surface area contributed by atoms with Crippen LogP contribution in [0.4, 0.5) is 0 Å². The zero-order chi connectivity index (χ0) is 74.1. The maximum atomic E-state index is 11.7. The Morgan fingerprint density at radius 1 is 0.288 bits per heavy atom. The smallest absolute Gasteiger partial charge is 0.285 e. The van der Waals surface area contributed by atoms with Gasteiger partial charge in [0.15, 0.2) is 0 Å². The van der Waals surface area contributed by atoms with Crippen LogP contribution >= 0.6 is 0 Å². The van der Waals surface area contributed by atoms with Gasteiger partial charge in [0, 0.05) is 17.5 Å². The number of benzene rings is 5. The number of carbonyl (C=O) groups excluding carboxylic acids is 16. The summed E-state index contributed by atoms with van der Waals surface area (Å²) < 4.78 is 10.8. The molecule has 7 saturated heterocycles. The standard InChI is InChI=1S/2C12H7NO3.C9H11NO3.C9H9NO3.C8H9NO4.C8H7NO4.C8H5NO3.C4H3NO3/c14-11-8-5-1-3-7-4-2-6-9(10(7)8)12(15)13(11)16;14-11-9-5-7-3-1-2-4-8(7)6-10(9)12(15)13(11)16;2*11-8-6-4-1-2-5(3-4)7(6)9(12)10(8)13;2*10-7-5-3-1-2-4(13-3)6(5)8(11)9(7)12;10-7-5-3-1-2-4-6(5)8(11)9(7)12;6-3-1-2-4(7)5(3)8/h2*1-6,16H;4-7,13H,1-3H2;1-2,4-7,13H,3H2;3-6,12H,1-2H2;1-6,12H;1-4,12H;1-2,8H. The maximum absolute atomic E-state index is 11.7. The van der Waals surface area contributed by atoms with E-state index in [0.717, 1.165) is 66.8 Å². The lowest BCUT2D eigenvalue weighted by Crippen LogP contribution is -2.37. The van der Waals surface area contributed by atoms with Crippen LogP contribution in [0.3, 0.4) is 0 Å². The molecule has 0 radical (unpaired) electrons. The summed E-state index contributed by atoms with van der Waals surface area (Å²) in [4.78, 5) is 180. The van der Waals surface area contributed by atoms with Crippen molar-refractivity contribution in [2.24, 2.45) is 71.0 Å². The van der Waals surface area contributed by atoms with Crippen molar-refractivity contribution in [1.29, 1.82) is 0 Å². The second kappa shape index (κ2) is 26.4. The van der Waals surface area contributed by atoms with Crippen LogP contribution in [0, 0.1) is 71.0 Å². The third kappa shape index (κ3) is 11.1. The van der Waals surface area contributed by atoms with E-state index in [4.69, 9.17) is 40.7 Å². The first kappa shape index (κ1) is 69.6. The number of hydroxylamine groups is 16. The molecule has 8 N–H and O–H groups in total. The fourth-order valence-corrected chi connectivity index (χ4v) is 16.8. The molecule has 12 heterocycles. The van der Waals surface area contributed by atoms with Crippen molar-refractivity contribution in [3.8, 4) is 0 Å². The van der Waals surface area contributed by atoms with Crippen LogP contribution < -0.4 is 0 Å². The molecule has 16 amide bonds. The van der Waals surface area contributed by atoms with Crippen molar-refractivity contribution in [3.63, 3.8) is 0 Å². The minimum atomic E-state index is -0.685. The van der Waals surface area contributed by atoms with Crippen molar-refractivity contribution in [2.75, 3.05) is 0 Å². The van der Waals surface area contributed by atoms with Gasteiger partial charge >= 0.3 is 0 Å². The molecule has 5 aromatic carbocycles. The molecule has 21 rings (SSSR count). The Morgan fingerprint density at radius 2 is 0.615 bits per heavy atom. The summed E-state index contributed by atoms with van der Waals surface area (Å²) in [6.07, 6.45) is 14.3. The average molecular weight is 1430 g/mol. The van der Waals surface area contributed by atoms with Crippen LogP contribution in [-0.4, -0.2) is 201 Å². The third-order valence-electron chi connectivity index (χ3n) is 21.5. The molecule has 8 bridgehead atoms. The first-order valence-corrected chi connectivity index (χ1v) is 32.7. The van der Waals surface area contributed by atoms with Gasteiger partial charge in [-0.15, -0.1) is 20.3 Å². The van der Waals surface area contributed by atoms with Crippen LogP contribution in [0.1, 0.15) is 101 Å². The fourth-order valence-electron chi connectivity index (χ4n) is 16.8. The summed E-state index contributed by atoms with van der Waals surface area (Å²) >= 11 is 0. The first-order valence-electron chi connectivity index (χ1n) is 32.7. The average Bonchev–Trinajstić information content (AvgIpc) is 1.46. The second-order valence-corrected chi connectivity index (χ2v) is 26.8. The molecule has 534 valence electrons. The molecule has 3 saturated carbocycles. The Bertz CT molecular complexity index is 4420. The number of carbonyl (C=O) groups is 16. The highest BCUT2D eigenvalue weighted by atomic mass is 16.6. The van der Waals surface area contributed by atoms with Gasteiger partial charge in [0.2, 0.25) is 0 Å². The Hall–Kier alpha value is -11.4. The number of rotatable bonds is 0. The maximum Gasteiger partial charge on any atom is 0.285 e. The molecule has 0 aromatic heterocycles. The predicted molar refractivity (Wildman–Crippen MR) is 334 cm³/mol. The zero-order valence-electron chi connectivity index (χ0n) is 53.7. The van der Waals surface area contributed by atoms with E-state index >= 15 is 0 Å². The predicted octanol–water partition coefficient (Wildman–Crippen LogP) is 3.06. The lowest BCUT2D eigenvalue weighted by atomic mass is 9.81. The molecule has 10 fully saturated rings.